The predicted octanol–water partition coefficient (Wildman–Crippen LogP) is 3.72. The summed E-state index contributed by atoms with van der Waals surface area (Å²) in [4.78, 5) is 0. The summed E-state index contributed by atoms with van der Waals surface area (Å²) in [7, 11) is 0. The minimum atomic E-state index is -0.193. The first-order valence-corrected chi connectivity index (χ1v) is 7.71. The summed E-state index contributed by atoms with van der Waals surface area (Å²) >= 11 is 0. The van der Waals surface area contributed by atoms with Gasteiger partial charge in [0.25, 0.3) is 0 Å². The Morgan fingerprint density at radius 1 is 1.00 bits per heavy atom. The van der Waals surface area contributed by atoms with Gasteiger partial charge in [-0.1, -0.05) is 36.4 Å². The minimum Gasteiger partial charge on any atom is -0.396 e. The van der Waals surface area contributed by atoms with Crippen molar-refractivity contribution in [2.75, 3.05) is 13.2 Å². The molecule has 2 aromatic carbocycles. The maximum absolute atomic E-state index is 14.0. The van der Waals surface area contributed by atoms with E-state index in [1.165, 1.54) is 5.56 Å². The number of hydrogen-bond acceptors (Lipinski definition) is 2. The third-order valence-corrected chi connectivity index (χ3v) is 3.98. The van der Waals surface area contributed by atoms with Crippen molar-refractivity contribution in [1.29, 1.82) is 0 Å². The van der Waals surface area contributed by atoms with Crippen LogP contribution in [0.15, 0.2) is 42.5 Å². The Morgan fingerprint density at radius 3 is 2.27 bits per heavy atom. The Labute approximate surface area is 131 Å². The van der Waals surface area contributed by atoms with Crippen molar-refractivity contribution >= 4 is 0 Å². The van der Waals surface area contributed by atoms with Gasteiger partial charge in [0, 0.05) is 24.7 Å². The second-order valence-electron chi connectivity index (χ2n) is 5.80. The highest BCUT2D eigenvalue weighted by Crippen LogP contribution is 2.24. The van der Waals surface area contributed by atoms with Crippen LogP contribution in [0.25, 0.3) is 11.1 Å². The molecule has 0 aliphatic carbocycles. The molecular formula is C19H23FO2. The van der Waals surface area contributed by atoms with Crippen LogP contribution in [0.4, 0.5) is 4.39 Å². The Balaban J connectivity index is 1.98. The number of rotatable bonds is 7. The van der Waals surface area contributed by atoms with Gasteiger partial charge < -0.3 is 10.2 Å². The molecule has 0 unspecified atom stereocenters. The molecule has 0 saturated carbocycles. The standard InChI is InChI=1S/C19H23FO2/c1-14-5-10-18(19(20)11-14)17-8-6-15(7-9-17)3-2-4-16(12-21)13-22/h5-11,16,21-22H,2-4,12-13H2,1H3. The highest BCUT2D eigenvalue weighted by Gasteiger charge is 2.07. The number of aliphatic hydroxyl groups excluding tert-OH is 2. The quantitative estimate of drug-likeness (QED) is 0.818. The summed E-state index contributed by atoms with van der Waals surface area (Å²) in [6.45, 7) is 1.94. The molecular weight excluding hydrogens is 279 g/mol. The maximum Gasteiger partial charge on any atom is 0.131 e. The zero-order valence-electron chi connectivity index (χ0n) is 12.9. The fraction of sp³-hybridized carbons (Fsp3) is 0.368. The van der Waals surface area contributed by atoms with Gasteiger partial charge in [-0.3, -0.25) is 0 Å². The third kappa shape index (κ3) is 4.39. The number of aryl methyl sites for hydroxylation is 2. The average molecular weight is 302 g/mol. The van der Waals surface area contributed by atoms with E-state index in [0.717, 1.165) is 30.4 Å². The van der Waals surface area contributed by atoms with E-state index >= 15 is 0 Å². The van der Waals surface area contributed by atoms with Crippen molar-refractivity contribution in [3.05, 3.63) is 59.4 Å². The molecule has 0 aliphatic rings. The lowest BCUT2D eigenvalue weighted by Gasteiger charge is -2.10. The van der Waals surface area contributed by atoms with E-state index in [2.05, 4.69) is 0 Å². The number of hydrogen-bond donors (Lipinski definition) is 2. The predicted molar refractivity (Wildman–Crippen MR) is 87.2 cm³/mol. The van der Waals surface area contributed by atoms with Gasteiger partial charge in [0.2, 0.25) is 0 Å². The van der Waals surface area contributed by atoms with E-state index in [1.54, 1.807) is 6.07 Å². The second-order valence-corrected chi connectivity index (χ2v) is 5.80. The smallest absolute Gasteiger partial charge is 0.131 e. The number of halogens is 1. The maximum atomic E-state index is 14.0. The topological polar surface area (TPSA) is 40.5 Å². The highest BCUT2D eigenvalue weighted by atomic mass is 19.1. The lowest BCUT2D eigenvalue weighted by atomic mass is 9.98. The van der Waals surface area contributed by atoms with Crippen LogP contribution < -0.4 is 0 Å². The van der Waals surface area contributed by atoms with Crippen LogP contribution in [-0.2, 0) is 6.42 Å². The summed E-state index contributed by atoms with van der Waals surface area (Å²) < 4.78 is 14.0. The lowest BCUT2D eigenvalue weighted by molar-refractivity contribution is 0.142. The number of benzene rings is 2. The molecule has 0 aliphatic heterocycles. The van der Waals surface area contributed by atoms with Gasteiger partial charge in [0.15, 0.2) is 0 Å². The van der Waals surface area contributed by atoms with Crippen LogP contribution in [0, 0.1) is 18.7 Å². The van der Waals surface area contributed by atoms with Crippen LogP contribution >= 0.6 is 0 Å². The summed E-state index contributed by atoms with van der Waals surface area (Å²) in [6, 6.07) is 13.2. The van der Waals surface area contributed by atoms with Gasteiger partial charge in [-0.2, -0.15) is 0 Å². The molecule has 2 aromatic rings. The lowest BCUT2D eigenvalue weighted by Crippen LogP contribution is -2.10. The first-order valence-electron chi connectivity index (χ1n) is 7.71. The van der Waals surface area contributed by atoms with E-state index in [4.69, 9.17) is 10.2 Å². The van der Waals surface area contributed by atoms with Crippen LogP contribution in [0.1, 0.15) is 24.0 Å². The Morgan fingerprint density at radius 2 is 1.68 bits per heavy atom. The van der Waals surface area contributed by atoms with E-state index in [1.807, 2.05) is 43.3 Å². The third-order valence-electron chi connectivity index (χ3n) is 3.98. The van der Waals surface area contributed by atoms with Crippen LogP contribution in [0.3, 0.4) is 0 Å². The first kappa shape index (κ1) is 16.7. The van der Waals surface area contributed by atoms with Crippen molar-refractivity contribution in [2.45, 2.75) is 26.2 Å². The second kappa shape index (κ2) is 8.06. The summed E-state index contributed by atoms with van der Waals surface area (Å²) in [5, 5.41) is 18.1. The fourth-order valence-electron chi connectivity index (χ4n) is 2.54. The Bertz CT molecular complexity index is 589. The molecule has 0 saturated heterocycles. The molecule has 0 heterocycles. The van der Waals surface area contributed by atoms with Crippen molar-refractivity contribution in [2.24, 2.45) is 5.92 Å². The summed E-state index contributed by atoms with van der Waals surface area (Å²) in [6.07, 6.45) is 2.62. The summed E-state index contributed by atoms with van der Waals surface area (Å²) in [5.74, 6) is -0.220. The van der Waals surface area contributed by atoms with Crippen molar-refractivity contribution in [1.82, 2.24) is 0 Å². The van der Waals surface area contributed by atoms with E-state index < -0.39 is 0 Å². The molecule has 0 bridgehead atoms. The van der Waals surface area contributed by atoms with Gasteiger partial charge in [0.05, 0.1) is 0 Å². The molecule has 22 heavy (non-hydrogen) atoms. The largest absolute Gasteiger partial charge is 0.396 e. The zero-order valence-corrected chi connectivity index (χ0v) is 12.9. The molecule has 0 aromatic heterocycles. The van der Waals surface area contributed by atoms with Crippen molar-refractivity contribution in [3.63, 3.8) is 0 Å². The number of aliphatic hydroxyl groups is 2. The molecule has 118 valence electrons. The molecule has 2 N–H and O–H groups in total. The van der Waals surface area contributed by atoms with Gasteiger partial charge in [-0.05, 0) is 48.9 Å². The van der Waals surface area contributed by atoms with E-state index in [-0.39, 0.29) is 24.9 Å². The molecule has 0 radical (unpaired) electrons. The molecule has 0 spiro atoms. The highest BCUT2D eigenvalue weighted by molar-refractivity contribution is 5.64. The van der Waals surface area contributed by atoms with E-state index in [0.29, 0.717) is 5.56 Å². The monoisotopic (exact) mass is 302 g/mol. The molecule has 0 amide bonds. The zero-order chi connectivity index (χ0) is 15.9. The van der Waals surface area contributed by atoms with Gasteiger partial charge in [-0.25, -0.2) is 4.39 Å². The van der Waals surface area contributed by atoms with Gasteiger partial charge in [0.1, 0.15) is 5.82 Å². The van der Waals surface area contributed by atoms with Crippen molar-refractivity contribution < 1.29 is 14.6 Å². The first-order chi connectivity index (χ1) is 10.6. The van der Waals surface area contributed by atoms with E-state index in [9.17, 15) is 4.39 Å². The molecule has 2 rings (SSSR count). The Kier molecular flexibility index (Phi) is 6.10. The molecule has 3 heteroatoms. The fourth-order valence-corrected chi connectivity index (χ4v) is 2.54. The average Bonchev–Trinajstić information content (AvgIpc) is 2.52. The van der Waals surface area contributed by atoms with Gasteiger partial charge >= 0.3 is 0 Å². The summed E-state index contributed by atoms with van der Waals surface area (Å²) in [5.41, 5.74) is 3.61. The van der Waals surface area contributed by atoms with Crippen molar-refractivity contribution in [3.8, 4) is 11.1 Å². The SMILES string of the molecule is Cc1ccc(-c2ccc(CCCC(CO)CO)cc2)c(F)c1. The molecule has 2 nitrogen and oxygen atoms in total. The van der Waals surface area contributed by atoms with Gasteiger partial charge in [-0.15, -0.1) is 0 Å². The molecule has 0 fully saturated rings. The Hall–Kier alpha value is -1.71. The van der Waals surface area contributed by atoms with Crippen LogP contribution in [0.2, 0.25) is 0 Å². The minimum absolute atomic E-state index is 0.0269. The molecule has 0 atom stereocenters. The van der Waals surface area contributed by atoms with Crippen LogP contribution in [-0.4, -0.2) is 23.4 Å². The normalized spacial score (nSPS) is 11.1. The van der Waals surface area contributed by atoms with Crippen LogP contribution in [0.5, 0.6) is 0 Å².